The predicted octanol–water partition coefficient (Wildman–Crippen LogP) is 6.12. The van der Waals surface area contributed by atoms with Crippen LogP contribution in [0.4, 0.5) is 0 Å². The maximum atomic E-state index is 14.1. The summed E-state index contributed by atoms with van der Waals surface area (Å²) < 4.78 is 23.5. The van der Waals surface area contributed by atoms with Crippen molar-refractivity contribution in [2.24, 2.45) is 11.8 Å². The highest BCUT2D eigenvalue weighted by atomic mass is 32.1. The molecule has 6 aromatic rings. The number of carbonyl (C=O) groups is 3. The van der Waals surface area contributed by atoms with Gasteiger partial charge in [0.1, 0.15) is 46.8 Å². The van der Waals surface area contributed by atoms with Gasteiger partial charge in [-0.3, -0.25) is 14.4 Å². The third-order valence-corrected chi connectivity index (χ3v) is 9.47. The number of aryl methyl sites for hydroxylation is 1. The van der Waals surface area contributed by atoms with Crippen LogP contribution in [0, 0.1) is 18.8 Å². The van der Waals surface area contributed by atoms with Gasteiger partial charge in [0.15, 0.2) is 22.8 Å². The van der Waals surface area contributed by atoms with Crippen LogP contribution in [-0.4, -0.2) is 54.7 Å². The van der Waals surface area contributed by atoms with Crippen molar-refractivity contribution in [2.75, 3.05) is 0 Å². The van der Waals surface area contributed by atoms with E-state index in [1.165, 1.54) is 23.9 Å². The molecule has 3 atom stereocenters. The molecule has 0 spiro atoms. The molecular weight excluding hydrogens is 689 g/mol. The Balaban J connectivity index is 1.33. The minimum absolute atomic E-state index is 0.0175. The van der Waals surface area contributed by atoms with Crippen molar-refractivity contribution < 1.29 is 32.1 Å². The zero-order valence-corrected chi connectivity index (χ0v) is 29.7. The van der Waals surface area contributed by atoms with Crippen LogP contribution >= 0.6 is 11.3 Å². The van der Waals surface area contributed by atoms with Gasteiger partial charge in [0.25, 0.3) is 5.91 Å². The topological polar surface area (TPSA) is 204 Å². The fraction of sp³-hybridized carbons (Fsp3) is 0.278. The van der Waals surface area contributed by atoms with Gasteiger partial charge in [-0.1, -0.05) is 71.0 Å². The molecule has 10 bridgehead atoms. The van der Waals surface area contributed by atoms with Gasteiger partial charge >= 0.3 is 0 Å². The van der Waals surface area contributed by atoms with Crippen molar-refractivity contribution in [2.45, 2.75) is 53.1 Å². The quantitative estimate of drug-likeness (QED) is 0.188. The molecule has 6 heterocycles. The van der Waals surface area contributed by atoms with Crippen LogP contribution in [0.5, 0.6) is 0 Å². The minimum Gasteiger partial charge on any atom is -0.443 e. The Bertz CT molecular complexity index is 2300. The molecule has 1 aliphatic rings. The fourth-order valence-corrected chi connectivity index (χ4v) is 6.27. The molecule has 0 radical (unpaired) electrons. The lowest BCUT2D eigenvalue weighted by Gasteiger charge is -2.27. The average Bonchev–Trinajstić information content (AvgIpc) is 3.97. The molecule has 266 valence electrons. The Morgan fingerprint density at radius 2 is 1.50 bits per heavy atom. The number of hydrogen-bond donors (Lipinski definition) is 3. The zero-order valence-electron chi connectivity index (χ0n) is 28.8. The highest BCUT2D eigenvalue weighted by Gasteiger charge is 2.34. The first-order chi connectivity index (χ1) is 25.0. The molecule has 0 saturated carbocycles. The molecule has 3 N–H and O–H groups in total. The number of hydrogen-bond acceptors (Lipinski definition) is 13. The van der Waals surface area contributed by atoms with Crippen LogP contribution in [-0.2, 0) is 9.59 Å². The SMILES string of the molecule is C=C1NC(=O)[C@H](C(C)C)NC(=O)[C@@H]([C@@H](C)CC)NC(=O)c2nc(oc2-c2ccccc2)-c2nc(oc2C)-c2csc(n2)-c2coc(n2)-c2coc1n2. The van der Waals surface area contributed by atoms with Crippen LogP contribution < -0.4 is 16.0 Å². The van der Waals surface area contributed by atoms with Crippen molar-refractivity contribution in [1.82, 2.24) is 40.9 Å². The fourth-order valence-electron chi connectivity index (χ4n) is 5.52. The summed E-state index contributed by atoms with van der Waals surface area (Å²) in [5, 5.41) is 10.7. The number of carbonyl (C=O) groups excluding carboxylic acids is 3. The number of benzene rings is 1. The maximum Gasteiger partial charge on any atom is 0.274 e. The minimum atomic E-state index is -1.04. The van der Waals surface area contributed by atoms with Gasteiger partial charge in [-0.15, -0.1) is 11.3 Å². The van der Waals surface area contributed by atoms with E-state index in [0.717, 1.165) is 0 Å². The maximum absolute atomic E-state index is 14.1. The molecule has 0 aliphatic carbocycles. The molecule has 0 unspecified atom stereocenters. The second kappa shape index (κ2) is 13.9. The van der Waals surface area contributed by atoms with Crippen molar-refractivity contribution in [1.29, 1.82) is 0 Å². The monoisotopic (exact) mass is 722 g/mol. The standard InChI is InChI=1S/C36H34N8O7S/c1-7-17(4)25-30(46)41-24(16(2)3)29(45)37-18(5)32-38-21(13-48-32)33-39-22(14-49-33)36-40-23(15-52-36)34-43-26(19(6)50-34)35-44-27(31(47)42-25)28(51-35)20-11-9-8-10-12-20/h8-17,24-25H,5,7H2,1-4,6H3,(H,37,45)(H,41,46)(H,42,47)/t17-,24-,25+/m0/s1. The van der Waals surface area contributed by atoms with E-state index in [0.29, 0.717) is 34.1 Å². The van der Waals surface area contributed by atoms with Gasteiger partial charge in [0.2, 0.25) is 35.4 Å². The second-order valence-electron chi connectivity index (χ2n) is 12.6. The smallest absolute Gasteiger partial charge is 0.274 e. The Kier molecular flexibility index (Phi) is 9.14. The van der Waals surface area contributed by atoms with Crippen molar-refractivity contribution in [3.8, 4) is 56.8 Å². The highest BCUT2D eigenvalue weighted by Crippen LogP contribution is 2.35. The largest absolute Gasteiger partial charge is 0.443 e. The molecule has 0 saturated heterocycles. The number of amides is 3. The first-order valence-electron chi connectivity index (χ1n) is 16.5. The molecule has 0 fully saturated rings. The van der Waals surface area contributed by atoms with Gasteiger partial charge < -0.3 is 33.6 Å². The third-order valence-electron chi connectivity index (χ3n) is 8.61. The van der Waals surface area contributed by atoms with E-state index in [-0.39, 0.29) is 63.9 Å². The highest BCUT2D eigenvalue weighted by molar-refractivity contribution is 7.13. The summed E-state index contributed by atoms with van der Waals surface area (Å²) in [5.74, 6) is -1.47. The van der Waals surface area contributed by atoms with Crippen LogP contribution in [0.15, 0.2) is 72.5 Å². The Hall–Kier alpha value is -6.16. The lowest BCUT2D eigenvalue weighted by Crippen LogP contribution is -2.57. The number of rotatable bonds is 4. The van der Waals surface area contributed by atoms with E-state index >= 15 is 0 Å². The summed E-state index contributed by atoms with van der Waals surface area (Å²) in [6.07, 6.45) is 3.30. The molecule has 15 nitrogen and oxygen atoms in total. The van der Waals surface area contributed by atoms with Gasteiger partial charge in [0.05, 0.1) is 5.70 Å². The van der Waals surface area contributed by atoms with E-state index in [9.17, 15) is 14.4 Å². The number of nitrogens with one attached hydrogen (secondary N) is 3. The Morgan fingerprint density at radius 1 is 0.788 bits per heavy atom. The van der Waals surface area contributed by atoms with Crippen LogP contribution in [0.1, 0.15) is 56.3 Å². The number of nitrogens with zero attached hydrogens (tertiary/aromatic N) is 5. The normalized spacial score (nSPS) is 17.3. The first kappa shape index (κ1) is 34.3. The van der Waals surface area contributed by atoms with E-state index in [1.54, 1.807) is 50.4 Å². The van der Waals surface area contributed by atoms with E-state index in [2.05, 4.69) is 47.4 Å². The molecule has 1 aliphatic heterocycles. The van der Waals surface area contributed by atoms with Crippen LogP contribution in [0.3, 0.4) is 0 Å². The summed E-state index contributed by atoms with van der Waals surface area (Å²) in [5.41, 5.74) is 1.98. The summed E-state index contributed by atoms with van der Waals surface area (Å²) >= 11 is 1.30. The van der Waals surface area contributed by atoms with Crippen molar-refractivity contribution in [3.63, 3.8) is 0 Å². The zero-order chi connectivity index (χ0) is 36.7. The number of aromatic nitrogens is 5. The summed E-state index contributed by atoms with van der Waals surface area (Å²) in [6, 6.07) is 6.96. The third kappa shape index (κ3) is 6.55. The van der Waals surface area contributed by atoms with Gasteiger partial charge in [-0.05, 0) is 18.8 Å². The Labute approximate surface area is 301 Å². The van der Waals surface area contributed by atoms with E-state index in [4.69, 9.17) is 17.7 Å². The van der Waals surface area contributed by atoms with Crippen molar-refractivity contribution in [3.05, 3.63) is 72.2 Å². The molecule has 5 aromatic heterocycles. The average molecular weight is 723 g/mol. The molecule has 1 aromatic carbocycles. The number of oxazole rings is 4. The second-order valence-corrected chi connectivity index (χ2v) is 13.5. The molecule has 52 heavy (non-hydrogen) atoms. The molecular formula is C36H34N8O7S. The van der Waals surface area contributed by atoms with E-state index < -0.39 is 29.8 Å². The number of fused-ring (bicyclic) bond motifs is 14. The van der Waals surface area contributed by atoms with E-state index in [1.807, 2.05) is 19.9 Å². The van der Waals surface area contributed by atoms with Gasteiger partial charge in [0, 0.05) is 10.9 Å². The van der Waals surface area contributed by atoms with Crippen LogP contribution in [0.25, 0.3) is 62.5 Å². The summed E-state index contributed by atoms with van der Waals surface area (Å²) in [4.78, 5) is 64.4. The van der Waals surface area contributed by atoms with Gasteiger partial charge in [-0.2, -0.15) is 0 Å². The Morgan fingerprint density at radius 3 is 2.25 bits per heavy atom. The van der Waals surface area contributed by atoms with Crippen LogP contribution in [0.2, 0.25) is 0 Å². The van der Waals surface area contributed by atoms with Crippen molar-refractivity contribution >= 4 is 34.8 Å². The summed E-state index contributed by atoms with van der Waals surface area (Å²) in [7, 11) is 0. The van der Waals surface area contributed by atoms with Gasteiger partial charge in [-0.25, -0.2) is 24.9 Å². The molecule has 3 amide bonds. The predicted molar refractivity (Wildman–Crippen MR) is 189 cm³/mol. The summed E-state index contributed by atoms with van der Waals surface area (Å²) in [6.45, 7) is 12.9. The lowest BCUT2D eigenvalue weighted by atomic mass is 9.96. The number of thiazole rings is 1. The lowest BCUT2D eigenvalue weighted by molar-refractivity contribution is -0.131. The molecule has 7 rings (SSSR count). The molecule has 16 heteroatoms. The first-order valence-corrected chi connectivity index (χ1v) is 17.4.